The van der Waals surface area contributed by atoms with Gasteiger partial charge in [0, 0.05) is 11.6 Å². The van der Waals surface area contributed by atoms with Crippen LogP contribution in [0.5, 0.6) is 11.5 Å². The summed E-state index contributed by atoms with van der Waals surface area (Å²) in [6.07, 6.45) is 2.78. The number of Topliss-reactive ketones (excluding diaryl/α,β-unsaturated/α-hetero) is 1. The van der Waals surface area contributed by atoms with Crippen molar-refractivity contribution in [1.82, 2.24) is 0 Å². The third kappa shape index (κ3) is 5.71. The summed E-state index contributed by atoms with van der Waals surface area (Å²) < 4.78 is 15.5. The lowest BCUT2D eigenvalue weighted by atomic mass is 10.0. The summed E-state index contributed by atoms with van der Waals surface area (Å²) in [4.78, 5) is 24.1. The Morgan fingerprint density at radius 3 is 2.57 bits per heavy atom. The van der Waals surface area contributed by atoms with Gasteiger partial charge in [-0.2, -0.15) is 5.26 Å². The first-order valence-corrected chi connectivity index (χ1v) is 8.57. The molecular formula is C22H21NO5. The maximum atomic E-state index is 12.2. The summed E-state index contributed by atoms with van der Waals surface area (Å²) >= 11 is 0. The molecule has 0 saturated carbocycles. The minimum Gasteiger partial charge on any atom is -0.493 e. The molecular weight excluding hydrogens is 358 g/mol. The SMILES string of the molecule is COc1cc(/C=C/C(=O)OCC(=O)c2ccc(C)cc2C)ccc1OCC#N. The van der Waals surface area contributed by atoms with Crippen LogP contribution in [0.2, 0.25) is 0 Å². The Balaban J connectivity index is 1.96. The summed E-state index contributed by atoms with van der Waals surface area (Å²) in [5.74, 6) is 0.000402. The fourth-order valence-electron chi connectivity index (χ4n) is 2.57. The van der Waals surface area contributed by atoms with E-state index in [9.17, 15) is 9.59 Å². The molecule has 0 fully saturated rings. The molecule has 28 heavy (non-hydrogen) atoms. The maximum absolute atomic E-state index is 12.2. The molecule has 0 aliphatic carbocycles. The van der Waals surface area contributed by atoms with Gasteiger partial charge in [-0.3, -0.25) is 4.79 Å². The van der Waals surface area contributed by atoms with Crippen LogP contribution in [0.25, 0.3) is 6.08 Å². The van der Waals surface area contributed by atoms with Crippen molar-refractivity contribution in [2.24, 2.45) is 0 Å². The molecule has 0 bridgehead atoms. The van der Waals surface area contributed by atoms with E-state index in [0.717, 1.165) is 11.1 Å². The number of benzene rings is 2. The molecule has 0 N–H and O–H groups in total. The predicted octanol–water partition coefficient (Wildman–Crippen LogP) is 3.65. The maximum Gasteiger partial charge on any atom is 0.331 e. The van der Waals surface area contributed by atoms with Gasteiger partial charge in [0.25, 0.3) is 0 Å². The summed E-state index contributed by atoms with van der Waals surface area (Å²) in [6.45, 7) is 3.38. The molecule has 2 aromatic rings. The summed E-state index contributed by atoms with van der Waals surface area (Å²) in [5.41, 5.74) is 3.13. The molecule has 6 nitrogen and oxygen atoms in total. The molecule has 0 unspecified atom stereocenters. The van der Waals surface area contributed by atoms with E-state index >= 15 is 0 Å². The number of esters is 1. The van der Waals surface area contributed by atoms with Gasteiger partial charge in [0.05, 0.1) is 7.11 Å². The van der Waals surface area contributed by atoms with Crippen molar-refractivity contribution in [2.45, 2.75) is 13.8 Å². The van der Waals surface area contributed by atoms with Gasteiger partial charge < -0.3 is 14.2 Å². The van der Waals surface area contributed by atoms with Crippen molar-refractivity contribution < 1.29 is 23.8 Å². The van der Waals surface area contributed by atoms with E-state index in [2.05, 4.69) is 0 Å². The zero-order valence-electron chi connectivity index (χ0n) is 16.0. The number of nitriles is 1. The third-order valence-electron chi connectivity index (χ3n) is 3.92. The van der Waals surface area contributed by atoms with E-state index in [-0.39, 0.29) is 19.0 Å². The highest BCUT2D eigenvalue weighted by atomic mass is 16.5. The number of carbonyl (C=O) groups is 2. The highest BCUT2D eigenvalue weighted by Crippen LogP contribution is 2.28. The van der Waals surface area contributed by atoms with Crippen LogP contribution in [0.4, 0.5) is 0 Å². The highest BCUT2D eigenvalue weighted by molar-refractivity contribution is 6.00. The van der Waals surface area contributed by atoms with Gasteiger partial charge in [0.2, 0.25) is 5.78 Å². The topological polar surface area (TPSA) is 85.6 Å². The lowest BCUT2D eigenvalue weighted by molar-refractivity contribution is -0.136. The lowest BCUT2D eigenvalue weighted by Crippen LogP contribution is -2.13. The number of ether oxygens (including phenoxy) is 3. The molecule has 6 heteroatoms. The number of hydrogen-bond donors (Lipinski definition) is 0. The van der Waals surface area contributed by atoms with Gasteiger partial charge in [-0.05, 0) is 43.2 Å². The minimum atomic E-state index is -0.623. The average molecular weight is 379 g/mol. The smallest absolute Gasteiger partial charge is 0.331 e. The van der Waals surface area contributed by atoms with E-state index in [4.69, 9.17) is 19.5 Å². The van der Waals surface area contributed by atoms with Crippen LogP contribution < -0.4 is 9.47 Å². The Labute approximate surface area is 164 Å². The zero-order valence-corrected chi connectivity index (χ0v) is 16.0. The molecule has 0 saturated heterocycles. The summed E-state index contributed by atoms with van der Waals surface area (Å²) in [5, 5.41) is 8.58. The molecule has 0 aliphatic rings. The van der Waals surface area contributed by atoms with Crippen molar-refractivity contribution >= 4 is 17.8 Å². The largest absolute Gasteiger partial charge is 0.493 e. The van der Waals surface area contributed by atoms with Crippen LogP contribution in [-0.2, 0) is 9.53 Å². The van der Waals surface area contributed by atoms with Gasteiger partial charge in [-0.25, -0.2) is 4.79 Å². The van der Waals surface area contributed by atoms with Crippen molar-refractivity contribution in [3.63, 3.8) is 0 Å². The fourth-order valence-corrected chi connectivity index (χ4v) is 2.57. The van der Waals surface area contributed by atoms with Crippen molar-refractivity contribution in [2.75, 3.05) is 20.3 Å². The molecule has 0 aromatic heterocycles. The van der Waals surface area contributed by atoms with E-state index < -0.39 is 5.97 Å². The first-order valence-electron chi connectivity index (χ1n) is 8.57. The number of aryl methyl sites for hydroxylation is 2. The molecule has 144 valence electrons. The molecule has 0 radical (unpaired) electrons. The van der Waals surface area contributed by atoms with E-state index in [1.54, 1.807) is 30.3 Å². The minimum absolute atomic E-state index is 0.0909. The van der Waals surface area contributed by atoms with E-state index in [1.807, 2.05) is 32.0 Å². The standard InChI is InChI=1S/C22H21NO5/c1-15-4-7-18(16(2)12-15)19(24)14-28-22(25)9-6-17-5-8-20(27-11-10-23)21(13-17)26-3/h4-9,12-13H,11,14H2,1-3H3/b9-6+. The van der Waals surface area contributed by atoms with Crippen LogP contribution in [0.15, 0.2) is 42.5 Å². The van der Waals surface area contributed by atoms with Gasteiger partial charge >= 0.3 is 5.97 Å². The van der Waals surface area contributed by atoms with Gasteiger partial charge in [-0.15, -0.1) is 0 Å². The Morgan fingerprint density at radius 2 is 1.89 bits per heavy atom. The van der Waals surface area contributed by atoms with Crippen molar-refractivity contribution in [3.8, 4) is 17.6 Å². The Hall–Kier alpha value is -3.59. The second-order valence-electron chi connectivity index (χ2n) is 6.04. The first kappa shape index (κ1) is 20.7. The van der Waals surface area contributed by atoms with Gasteiger partial charge in [0.15, 0.2) is 24.7 Å². The number of hydrogen-bond acceptors (Lipinski definition) is 6. The number of methoxy groups -OCH3 is 1. The molecule has 2 aromatic carbocycles. The second-order valence-corrected chi connectivity index (χ2v) is 6.04. The monoisotopic (exact) mass is 379 g/mol. The van der Waals surface area contributed by atoms with Crippen LogP contribution in [0, 0.1) is 25.2 Å². The molecule has 0 aliphatic heterocycles. The number of rotatable bonds is 8. The summed E-state index contributed by atoms with van der Waals surface area (Å²) in [7, 11) is 1.48. The number of nitrogens with zero attached hydrogens (tertiary/aromatic N) is 1. The first-order chi connectivity index (χ1) is 13.4. The van der Waals surface area contributed by atoms with Crippen LogP contribution >= 0.6 is 0 Å². The Morgan fingerprint density at radius 1 is 1.11 bits per heavy atom. The molecule has 0 atom stereocenters. The molecule has 0 amide bonds. The van der Waals surface area contributed by atoms with Crippen LogP contribution in [0.1, 0.15) is 27.0 Å². The number of ketones is 1. The predicted molar refractivity (Wildman–Crippen MR) is 104 cm³/mol. The zero-order chi connectivity index (χ0) is 20.5. The second kappa shape index (κ2) is 9.93. The normalized spacial score (nSPS) is 10.4. The van der Waals surface area contributed by atoms with Gasteiger partial charge in [-0.1, -0.05) is 29.8 Å². The van der Waals surface area contributed by atoms with Crippen molar-refractivity contribution in [1.29, 1.82) is 5.26 Å². The van der Waals surface area contributed by atoms with E-state index in [0.29, 0.717) is 22.6 Å². The fraction of sp³-hybridized carbons (Fsp3) is 0.227. The number of carbonyl (C=O) groups excluding carboxylic acids is 2. The van der Waals surface area contributed by atoms with Crippen LogP contribution in [0.3, 0.4) is 0 Å². The molecule has 2 rings (SSSR count). The lowest BCUT2D eigenvalue weighted by Gasteiger charge is -2.08. The Kier molecular flexibility index (Phi) is 7.35. The van der Waals surface area contributed by atoms with Gasteiger partial charge in [0.1, 0.15) is 6.07 Å². The quantitative estimate of drug-likeness (QED) is 0.395. The Bertz CT molecular complexity index is 940. The van der Waals surface area contributed by atoms with Crippen LogP contribution in [-0.4, -0.2) is 32.1 Å². The average Bonchev–Trinajstić information content (AvgIpc) is 2.69. The van der Waals surface area contributed by atoms with Crippen molar-refractivity contribution in [3.05, 3.63) is 64.7 Å². The van der Waals surface area contributed by atoms with E-state index in [1.165, 1.54) is 13.2 Å². The third-order valence-corrected chi connectivity index (χ3v) is 3.92. The highest BCUT2D eigenvalue weighted by Gasteiger charge is 2.11. The summed E-state index contributed by atoms with van der Waals surface area (Å²) in [6, 6.07) is 12.4. The molecule has 0 heterocycles. The molecule has 0 spiro atoms.